The van der Waals surface area contributed by atoms with Gasteiger partial charge in [0.2, 0.25) is 0 Å². The van der Waals surface area contributed by atoms with Crippen molar-refractivity contribution in [3.05, 3.63) is 89.0 Å². The minimum atomic E-state index is -0.282. The Balaban J connectivity index is 1.51. The quantitative estimate of drug-likeness (QED) is 0.490. The highest BCUT2D eigenvalue weighted by atomic mass is 16.5. The number of hydrogen-bond donors (Lipinski definition) is 1. The van der Waals surface area contributed by atoms with Gasteiger partial charge in [-0.1, -0.05) is 74.5 Å². The molecular formula is C25H24N2O2. The van der Waals surface area contributed by atoms with Crippen LogP contribution in [0.15, 0.2) is 71.8 Å². The molecule has 0 fully saturated rings. The SMILES string of the molecule is Cc1ccc(C(C)C)c(OCC(=O)NN=C2c3ccccc3-c3ccccc32)c1. The number of carbonyl (C=O) groups excluding carboxylic acids is 1. The van der Waals surface area contributed by atoms with E-state index in [1.807, 2.05) is 49.4 Å². The van der Waals surface area contributed by atoms with Crippen LogP contribution in [0.1, 0.15) is 42.0 Å². The summed E-state index contributed by atoms with van der Waals surface area (Å²) in [6.45, 7) is 6.15. The molecule has 0 radical (unpaired) electrons. The minimum absolute atomic E-state index is 0.0801. The first-order valence-corrected chi connectivity index (χ1v) is 9.83. The lowest BCUT2D eigenvalue weighted by atomic mass is 10.0. The molecule has 1 N–H and O–H groups in total. The van der Waals surface area contributed by atoms with Crippen molar-refractivity contribution in [1.29, 1.82) is 0 Å². The first-order chi connectivity index (χ1) is 14.0. The molecule has 3 aromatic rings. The molecule has 0 saturated heterocycles. The molecule has 4 heteroatoms. The standard InChI is InChI=1S/C25H24N2O2/c1-16(2)18-13-12-17(3)14-23(18)29-15-24(28)26-27-25-21-10-6-4-8-19(21)20-9-5-7-11-22(20)25/h4-14,16H,15H2,1-3H3,(H,26,28). The van der Waals surface area contributed by atoms with Crippen molar-refractivity contribution >= 4 is 11.6 Å². The van der Waals surface area contributed by atoms with Crippen molar-refractivity contribution in [2.45, 2.75) is 26.7 Å². The summed E-state index contributed by atoms with van der Waals surface area (Å²) >= 11 is 0. The number of nitrogens with one attached hydrogen (secondary N) is 1. The van der Waals surface area contributed by atoms with Gasteiger partial charge >= 0.3 is 0 Å². The van der Waals surface area contributed by atoms with E-state index in [-0.39, 0.29) is 12.5 Å². The van der Waals surface area contributed by atoms with Crippen LogP contribution in [0.4, 0.5) is 0 Å². The normalized spacial score (nSPS) is 11.8. The number of aryl methyl sites for hydroxylation is 1. The predicted molar refractivity (Wildman–Crippen MR) is 116 cm³/mol. The van der Waals surface area contributed by atoms with Crippen LogP contribution in [0.3, 0.4) is 0 Å². The highest BCUT2D eigenvalue weighted by Crippen LogP contribution is 2.36. The van der Waals surface area contributed by atoms with E-state index in [1.165, 1.54) is 0 Å². The molecular weight excluding hydrogens is 360 g/mol. The van der Waals surface area contributed by atoms with Crippen molar-refractivity contribution in [1.82, 2.24) is 5.43 Å². The molecule has 3 aromatic carbocycles. The van der Waals surface area contributed by atoms with Crippen LogP contribution >= 0.6 is 0 Å². The molecule has 0 aromatic heterocycles. The summed E-state index contributed by atoms with van der Waals surface area (Å²) in [7, 11) is 0. The smallest absolute Gasteiger partial charge is 0.277 e. The van der Waals surface area contributed by atoms with E-state index in [0.29, 0.717) is 5.92 Å². The molecule has 0 unspecified atom stereocenters. The van der Waals surface area contributed by atoms with Crippen molar-refractivity contribution in [2.75, 3.05) is 6.61 Å². The zero-order chi connectivity index (χ0) is 20.4. The zero-order valence-electron chi connectivity index (χ0n) is 16.9. The Morgan fingerprint density at radius 2 is 1.52 bits per heavy atom. The third-order valence-electron chi connectivity index (χ3n) is 5.10. The second-order valence-electron chi connectivity index (χ2n) is 7.57. The molecule has 29 heavy (non-hydrogen) atoms. The summed E-state index contributed by atoms with van der Waals surface area (Å²) in [5.41, 5.74) is 9.95. The molecule has 0 saturated carbocycles. The average Bonchev–Trinajstić information content (AvgIpc) is 3.04. The van der Waals surface area contributed by atoms with Gasteiger partial charge in [-0.2, -0.15) is 5.10 Å². The van der Waals surface area contributed by atoms with Gasteiger partial charge in [-0.05, 0) is 41.2 Å². The van der Waals surface area contributed by atoms with E-state index in [9.17, 15) is 4.79 Å². The Kier molecular flexibility index (Phi) is 5.17. The zero-order valence-corrected chi connectivity index (χ0v) is 16.9. The molecule has 0 spiro atoms. The molecule has 1 amide bonds. The Labute approximate surface area is 171 Å². The van der Waals surface area contributed by atoms with Gasteiger partial charge in [-0.15, -0.1) is 0 Å². The Bertz CT molecular complexity index is 1050. The number of benzene rings is 3. The summed E-state index contributed by atoms with van der Waals surface area (Å²) in [5.74, 6) is 0.787. The van der Waals surface area contributed by atoms with Crippen LogP contribution in [-0.4, -0.2) is 18.2 Å². The molecule has 0 heterocycles. The summed E-state index contributed by atoms with van der Waals surface area (Å²) in [4.78, 5) is 12.4. The third-order valence-corrected chi connectivity index (χ3v) is 5.10. The van der Waals surface area contributed by atoms with Crippen LogP contribution in [0, 0.1) is 6.92 Å². The maximum Gasteiger partial charge on any atom is 0.277 e. The van der Waals surface area contributed by atoms with E-state index in [0.717, 1.165) is 44.8 Å². The maximum atomic E-state index is 12.4. The predicted octanol–water partition coefficient (Wildman–Crippen LogP) is 5.05. The summed E-state index contributed by atoms with van der Waals surface area (Å²) < 4.78 is 5.81. The second kappa shape index (κ2) is 7.92. The molecule has 4 rings (SSSR count). The fraction of sp³-hybridized carbons (Fsp3) is 0.200. The van der Waals surface area contributed by atoms with Gasteiger partial charge in [0.15, 0.2) is 6.61 Å². The molecule has 1 aliphatic rings. The van der Waals surface area contributed by atoms with Gasteiger partial charge in [0, 0.05) is 11.1 Å². The number of carbonyl (C=O) groups is 1. The third kappa shape index (κ3) is 3.79. The van der Waals surface area contributed by atoms with Crippen molar-refractivity contribution in [2.24, 2.45) is 5.10 Å². The van der Waals surface area contributed by atoms with Crippen molar-refractivity contribution < 1.29 is 9.53 Å². The number of ether oxygens (including phenoxy) is 1. The van der Waals surface area contributed by atoms with Crippen LogP contribution in [0.5, 0.6) is 5.75 Å². The van der Waals surface area contributed by atoms with Crippen molar-refractivity contribution in [3.8, 4) is 16.9 Å². The van der Waals surface area contributed by atoms with Crippen LogP contribution in [0.2, 0.25) is 0 Å². The van der Waals surface area contributed by atoms with E-state index < -0.39 is 0 Å². The molecule has 0 aliphatic heterocycles. The Hall–Kier alpha value is -3.40. The summed E-state index contributed by atoms with van der Waals surface area (Å²) in [6, 6.07) is 22.3. The monoisotopic (exact) mass is 384 g/mol. The van der Waals surface area contributed by atoms with E-state index in [1.54, 1.807) is 0 Å². The topological polar surface area (TPSA) is 50.7 Å². The van der Waals surface area contributed by atoms with Crippen molar-refractivity contribution in [3.63, 3.8) is 0 Å². The number of amides is 1. The van der Waals surface area contributed by atoms with Gasteiger partial charge in [-0.25, -0.2) is 5.43 Å². The highest BCUT2D eigenvalue weighted by molar-refractivity contribution is 6.24. The van der Waals surface area contributed by atoms with Crippen LogP contribution in [0.25, 0.3) is 11.1 Å². The van der Waals surface area contributed by atoms with E-state index in [2.05, 4.69) is 48.6 Å². The average molecular weight is 384 g/mol. The van der Waals surface area contributed by atoms with Gasteiger partial charge in [0.05, 0.1) is 5.71 Å². The minimum Gasteiger partial charge on any atom is -0.483 e. The lowest BCUT2D eigenvalue weighted by Gasteiger charge is -2.14. The number of fused-ring (bicyclic) bond motifs is 3. The van der Waals surface area contributed by atoms with Gasteiger partial charge in [0.25, 0.3) is 5.91 Å². The molecule has 0 bridgehead atoms. The fourth-order valence-corrected chi connectivity index (χ4v) is 3.65. The largest absolute Gasteiger partial charge is 0.483 e. The lowest BCUT2D eigenvalue weighted by Crippen LogP contribution is -2.26. The lowest BCUT2D eigenvalue weighted by molar-refractivity contribution is -0.123. The number of nitrogens with zero attached hydrogens (tertiary/aromatic N) is 1. The Morgan fingerprint density at radius 1 is 0.931 bits per heavy atom. The second-order valence-corrected chi connectivity index (χ2v) is 7.57. The summed E-state index contributed by atoms with van der Waals surface area (Å²) in [6.07, 6.45) is 0. The molecule has 0 atom stereocenters. The first kappa shape index (κ1) is 18.9. The van der Waals surface area contributed by atoms with E-state index in [4.69, 9.17) is 4.74 Å². The molecule has 146 valence electrons. The first-order valence-electron chi connectivity index (χ1n) is 9.83. The number of hydrazone groups is 1. The van der Waals surface area contributed by atoms with Crippen LogP contribution < -0.4 is 10.2 Å². The molecule has 4 nitrogen and oxygen atoms in total. The maximum absolute atomic E-state index is 12.4. The number of rotatable bonds is 5. The summed E-state index contributed by atoms with van der Waals surface area (Å²) in [5, 5.41) is 4.43. The Morgan fingerprint density at radius 3 is 2.10 bits per heavy atom. The van der Waals surface area contributed by atoms with Gasteiger partial charge in [0.1, 0.15) is 5.75 Å². The van der Waals surface area contributed by atoms with Gasteiger partial charge in [-0.3, -0.25) is 4.79 Å². The van der Waals surface area contributed by atoms with E-state index >= 15 is 0 Å². The highest BCUT2D eigenvalue weighted by Gasteiger charge is 2.24. The number of hydrogen-bond acceptors (Lipinski definition) is 3. The van der Waals surface area contributed by atoms with Gasteiger partial charge < -0.3 is 4.74 Å². The molecule has 1 aliphatic carbocycles. The fourth-order valence-electron chi connectivity index (χ4n) is 3.65. The van der Waals surface area contributed by atoms with Crippen LogP contribution in [-0.2, 0) is 4.79 Å².